The van der Waals surface area contributed by atoms with E-state index in [0.29, 0.717) is 0 Å². The van der Waals surface area contributed by atoms with Gasteiger partial charge in [-0.05, 0) is 17.7 Å². The Morgan fingerprint density at radius 2 is 1.76 bits per heavy atom. The minimum Gasteiger partial charge on any atom is -0.311 e. The van der Waals surface area contributed by atoms with Crippen LogP contribution in [0.5, 0.6) is 0 Å². The minimum absolute atomic E-state index is 0.0705. The van der Waals surface area contributed by atoms with Gasteiger partial charge >= 0.3 is 6.18 Å². The van der Waals surface area contributed by atoms with E-state index in [1.165, 1.54) is 36.5 Å². The van der Waals surface area contributed by atoms with Gasteiger partial charge < -0.3 is 5.32 Å². The molecule has 1 aromatic heterocycles. The highest BCUT2D eigenvalue weighted by molar-refractivity contribution is 5.90. The minimum atomic E-state index is -4.48. The lowest BCUT2D eigenvalue weighted by Crippen LogP contribution is -2.26. The molecule has 0 saturated heterocycles. The molecule has 0 aliphatic carbocycles. The van der Waals surface area contributed by atoms with Crippen LogP contribution in [0.4, 0.5) is 19.0 Å². The zero-order chi connectivity index (χ0) is 15.3. The Morgan fingerprint density at radius 1 is 1.10 bits per heavy atom. The third-order valence-electron chi connectivity index (χ3n) is 2.92. The van der Waals surface area contributed by atoms with E-state index < -0.39 is 24.4 Å². The molecule has 1 N–H and O–H groups in total. The van der Waals surface area contributed by atoms with Crippen LogP contribution in [0.2, 0.25) is 0 Å². The summed E-state index contributed by atoms with van der Waals surface area (Å²) in [5.41, 5.74) is 0.0705. The number of carbonyl (C=O) groups excluding carboxylic acids is 1. The van der Waals surface area contributed by atoms with Crippen LogP contribution in [0.3, 0.4) is 0 Å². The number of hydrogen-bond donors (Lipinski definition) is 1. The number of pyridine rings is 1. The molecule has 6 heteroatoms. The van der Waals surface area contributed by atoms with Crippen molar-refractivity contribution in [1.82, 2.24) is 4.98 Å². The third-order valence-corrected chi connectivity index (χ3v) is 2.92. The van der Waals surface area contributed by atoms with E-state index in [1.807, 2.05) is 0 Å². The van der Waals surface area contributed by atoms with Crippen LogP contribution in [-0.4, -0.2) is 17.1 Å². The highest BCUT2D eigenvalue weighted by atomic mass is 19.4. The zero-order valence-corrected chi connectivity index (χ0v) is 11.0. The van der Waals surface area contributed by atoms with E-state index in [-0.39, 0.29) is 11.4 Å². The first-order valence-electron chi connectivity index (χ1n) is 6.29. The second-order valence-electron chi connectivity index (χ2n) is 4.47. The van der Waals surface area contributed by atoms with E-state index in [2.05, 4.69) is 10.3 Å². The van der Waals surface area contributed by atoms with Crippen LogP contribution in [0, 0.1) is 0 Å². The molecule has 0 aliphatic rings. The molecule has 110 valence electrons. The molecule has 2 rings (SSSR count). The van der Waals surface area contributed by atoms with E-state index in [9.17, 15) is 18.0 Å². The summed E-state index contributed by atoms with van der Waals surface area (Å²) in [5, 5.41) is 2.36. The van der Waals surface area contributed by atoms with Crippen molar-refractivity contribution in [2.45, 2.75) is 18.5 Å². The molecule has 0 bridgehead atoms. The Hall–Kier alpha value is -2.37. The molecular formula is C15H13F3N2O. The first-order chi connectivity index (χ1) is 9.97. The van der Waals surface area contributed by atoms with E-state index in [1.54, 1.807) is 18.2 Å². The summed E-state index contributed by atoms with van der Waals surface area (Å²) in [4.78, 5) is 15.6. The van der Waals surface area contributed by atoms with Crippen LogP contribution < -0.4 is 5.32 Å². The molecule has 3 nitrogen and oxygen atoms in total. The van der Waals surface area contributed by atoms with E-state index in [4.69, 9.17) is 0 Å². The number of benzene rings is 1. The number of nitrogens with one attached hydrogen (secondary N) is 1. The molecule has 0 radical (unpaired) electrons. The summed E-state index contributed by atoms with van der Waals surface area (Å²) < 4.78 is 39.3. The lowest BCUT2D eigenvalue weighted by Gasteiger charge is -2.20. The van der Waals surface area contributed by atoms with Gasteiger partial charge in [0.05, 0.1) is 5.92 Å². The number of rotatable bonds is 4. The van der Waals surface area contributed by atoms with Gasteiger partial charge in [0, 0.05) is 12.6 Å². The number of halogens is 3. The van der Waals surface area contributed by atoms with Crippen LogP contribution in [-0.2, 0) is 4.79 Å². The predicted octanol–water partition coefficient (Wildman–Crippen LogP) is 3.76. The van der Waals surface area contributed by atoms with Crippen LogP contribution in [0.25, 0.3) is 0 Å². The molecule has 1 unspecified atom stereocenters. The quantitative estimate of drug-likeness (QED) is 0.933. The van der Waals surface area contributed by atoms with Gasteiger partial charge in [-0.2, -0.15) is 13.2 Å². The maximum atomic E-state index is 13.1. The van der Waals surface area contributed by atoms with Crippen molar-refractivity contribution < 1.29 is 18.0 Å². The van der Waals surface area contributed by atoms with Gasteiger partial charge in [0.1, 0.15) is 5.82 Å². The molecule has 1 amide bonds. The maximum absolute atomic E-state index is 13.1. The molecule has 21 heavy (non-hydrogen) atoms. The zero-order valence-electron chi connectivity index (χ0n) is 11.0. The summed E-state index contributed by atoms with van der Waals surface area (Å²) in [6, 6.07) is 12.2. The number of alkyl halides is 3. The summed E-state index contributed by atoms with van der Waals surface area (Å²) in [6.45, 7) is 0. The third kappa shape index (κ3) is 4.30. The van der Waals surface area contributed by atoms with Crippen molar-refractivity contribution in [1.29, 1.82) is 0 Å². The largest absolute Gasteiger partial charge is 0.396 e. The normalized spacial score (nSPS) is 12.7. The second kappa shape index (κ2) is 6.39. The molecule has 0 saturated carbocycles. The molecule has 1 heterocycles. The molecule has 0 fully saturated rings. The molecule has 2 aromatic rings. The lowest BCUT2D eigenvalue weighted by molar-refractivity contribution is -0.155. The highest BCUT2D eigenvalue weighted by Gasteiger charge is 2.41. The summed E-state index contributed by atoms with van der Waals surface area (Å²) >= 11 is 0. The van der Waals surface area contributed by atoms with Gasteiger partial charge in [-0.3, -0.25) is 4.79 Å². The molecule has 0 aliphatic heterocycles. The van der Waals surface area contributed by atoms with Crippen molar-refractivity contribution in [2.75, 3.05) is 5.32 Å². The van der Waals surface area contributed by atoms with Gasteiger partial charge in [0.15, 0.2) is 0 Å². The van der Waals surface area contributed by atoms with Gasteiger partial charge in [-0.1, -0.05) is 36.4 Å². The number of nitrogens with zero attached hydrogens (tertiary/aromatic N) is 1. The number of carbonyl (C=O) groups is 1. The Balaban J connectivity index is 2.11. The predicted molar refractivity (Wildman–Crippen MR) is 72.7 cm³/mol. The van der Waals surface area contributed by atoms with Crippen LogP contribution >= 0.6 is 0 Å². The van der Waals surface area contributed by atoms with Crippen molar-refractivity contribution in [3.8, 4) is 0 Å². The molecule has 0 spiro atoms. The van der Waals surface area contributed by atoms with Gasteiger partial charge in [-0.25, -0.2) is 4.98 Å². The smallest absolute Gasteiger partial charge is 0.311 e. The average Bonchev–Trinajstić information content (AvgIpc) is 2.45. The highest BCUT2D eigenvalue weighted by Crippen LogP contribution is 2.37. The Kier molecular flexibility index (Phi) is 4.57. The topological polar surface area (TPSA) is 42.0 Å². The van der Waals surface area contributed by atoms with Crippen LogP contribution in [0.1, 0.15) is 17.9 Å². The van der Waals surface area contributed by atoms with Gasteiger partial charge in [0.25, 0.3) is 0 Å². The number of hydrogen-bond acceptors (Lipinski definition) is 2. The first-order valence-corrected chi connectivity index (χ1v) is 6.29. The standard InChI is InChI=1S/C15H13F3N2O/c16-15(17,18)12(11-6-2-1-3-7-11)10-14(21)20-13-8-4-5-9-19-13/h1-9,12H,10H2,(H,19,20,21). The maximum Gasteiger partial charge on any atom is 0.396 e. The molecular weight excluding hydrogens is 281 g/mol. The summed E-state index contributed by atoms with van der Waals surface area (Å²) in [6.07, 6.45) is -3.71. The van der Waals surface area contributed by atoms with Crippen molar-refractivity contribution >= 4 is 11.7 Å². The van der Waals surface area contributed by atoms with Crippen LogP contribution in [0.15, 0.2) is 54.7 Å². The average molecular weight is 294 g/mol. The number of aromatic nitrogens is 1. The van der Waals surface area contributed by atoms with E-state index >= 15 is 0 Å². The molecule has 1 aromatic carbocycles. The van der Waals surface area contributed by atoms with Gasteiger partial charge in [0.2, 0.25) is 5.91 Å². The summed E-state index contributed by atoms with van der Waals surface area (Å²) in [7, 11) is 0. The van der Waals surface area contributed by atoms with Crippen molar-refractivity contribution in [3.05, 3.63) is 60.3 Å². The number of anilines is 1. The summed E-state index contributed by atoms with van der Waals surface area (Å²) in [5.74, 6) is -2.32. The van der Waals surface area contributed by atoms with E-state index in [0.717, 1.165) is 0 Å². The Labute approximate surface area is 119 Å². The second-order valence-corrected chi connectivity index (χ2v) is 4.47. The Bertz CT molecular complexity index is 585. The van der Waals surface area contributed by atoms with Crippen molar-refractivity contribution in [2.24, 2.45) is 0 Å². The lowest BCUT2D eigenvalue weighted by atomic mass is 9.95. The SMILES string of the molecule is O=C(CC(c1ccccc1)C(F)(F)F)Nc1ccccn1. The van der Waals surface area contributed by atoms with Gasteiger partial charge in [-0.15, -0.1) is 0 Å². The fourth-order valence-corrected chi connectivity index (χ4v) is 1.92. The Morgan fingerprint density at radius 3 is 2.33 bits per heavy atom. The fraction of sp³-hybridized carbons (Fsp3) is 0.200. The number of amides is 1. The first kappa shape index (κ1) is 15.0. The monoisotopic (exact) mass is 294 g/mol. The molecule has 1 atom stereocenters. The van der Waals surface area contributed by atoms with Crippen molar-refractivity contribution in [3.63, 3.8) is 0 Å². The fourth-order valence-electron chi connectivity index (χ4n) is 1.92.